The van der Waals surface area contributed by atoms with Gasteiger partial charge in [0.25, 0.3) is 0 Å². The van der Waals surface area contributed by atoms with E-state index in [9.17, 15) is 0 Å². The number of hydrogen-bond donors (Lipinski definition) is 1. The largest absolute Gasteiger partial charge is 0.468 e. The molecule has 0 bridgehead atoms. The quantitative estimate of drug-likeness (QED) is 0.669. The van der Waals surface area contributed by atoms with E-state index < -0.39 is 0 Å². The van der Waals surface area contributed by atoms with Gasteiger partial charge < -0.3 is 19.4 Å². The molecule has 0 unspecified atom stereocenters. The number of likely N-dealkylation sites (N-methyl/N-ethyl adjacent to an activating group) is 1. The van der Waals surface area contributed by atoms with Gasteiger partial charge in [0.2, 0.25) is 0 Å². The van der Waals surface area contributed by atoms with E-state index >= 15 is 0 Å². The van der Waals surface area contributed by atoms with Gasteiger partial charge >= 0.3 is 0 Å². The summed E-state index contributed by atoms with van der Waals surface area (Å²) >= 11 is 0. The van der Waals surface area contributed by atoms with Gasteiger partial charge in [-0.15, -0.1) is 0 Å². The lowest BCUT2D eigenvalue weighted by atomic mass is 10.2. The molecule has 1 aromatic heterocycles. The van der Waals surface area contributed by atoms with E-state index in [-0.39, 0.29) is 0 Å². The fraction of sp³-hybridized carbons (Fsp3) is 0.692. The van der Waals surface area contributed by atoms with Crippen molar-refractivity contribution in [1.29, 1.82) is 0 Å². The van der Waals surface area contributed by atoms with Gasteiger partial charge in [-0.2, -0.15) is 0 Å². The predicted molar refractivity (Wildman–Crippen MR) is 68.9 cm³/mol. The molecule has 0 atom stereocenters. The van der Waals surface area contributed by atoms with Crippen LogP contribution in [-0.4, -0.2) is 38.7 Å². The van der Waals surface area contributed by atoms with Gasteiger partial charge in [0.15, 0.2) is 0 Å². The standard InChI is InChI=1S/C13H24N2O2/c1-4-6-14-10-13-12(5-8-17-13)11-16-9-7-15(2)3/h5,8,14H,4,6-7,9-11H2,1-3H3. The molecule has 1 N–H and O–H groups in total. The Hall–Kier alpha value is -0.840. The second kappa shape index (κ2) is 8.28. The van der Waals surface area contributed by atoms with Crippen molar-refractivity contribution in [3.8, 4) is 0 Å². The van der Waals surface area contributed by atoms with Gasteiger partial charge in [-0.05, 0) is 33.1 Å². The van der Waals surface area contributed by atoms with Crippen molar-refractivity contribution in [2.24, 2.45) is 0 Å². The number of nitrogens with zero attached hydrogens (tertiary/aromatic N) is 1. The first-order valence-electron chi connectivity index (χ1n) is 6.22. The summed E-state index contributed by atoms with van der Waals surface area (Å²) in [7, 11) is 4.09. The van der Waals surface area contributed by atoms with E-state index in [2.05, 4.69) is 17.1 Å². The molecule has 4 nitrogen and oxygen atoms in total. The highest BCUT2D eigenvalue weighted by atomic mass is 16.5. The average molecular weight is 240 g/mol. The highest BCUT2D eigenvalue weighted by molar-refractivity contribution is 5.15. The van der Waals surface area contributed by atoms with Crippen molar-refractivity contribution in [3.63, 3.8) is 0 Å². The minimum Gasteiger partial charge on any atom is -0.468 e. The maximum absolute atomic E-state index is 5.61. The monoisotopic (exact) mass is 240 g/mol. The summed E-state index contributed by atoms with van der Waals surface area (Å²) in [5.41, 5.74) is 1.15. The summed E-state index contributed by atoms with van der Waals surface area (Å²) in [6.07, 6.45) is 2.86. The lowest BCUT2D eigenvalue weighted by Crippen LogP contribution is -2.18. The third kappa shape index (κ3) is 5.86. The summed E-state index contributed by atoms with van der Waals surface area (Å²) < 4.78 is 11.0. The van der Waals surface area contributed by atoms with Crippen molar-refractivity contribution in [1.82, 2.24) is 10.2 Å². The lowest BCUT2D eigenvalue weighted by Gasteiger charge is -2.10. The molecule has 0 radical (unpaired) electrons. The second-order valence-corrected chi connectivity index (χ2v) is 4.40. The Morgan fingerprint density at radius 2 is 2.24 bits per heavy atom. The fourth-order valence-corrected chi connectivity index (χ4v) is 1.46. The molecule has 0 aliphatic heterocycles. The Morgan fingerprint density at radius 3 is 2.94 bits per heavy atom. The highest BCUT2D eigenvalue weighted by Crippen LogP contribution is 2.11. The zero-order valence-corrected chi connectivity index (χ0v) is 11.2. The van der Waals surface area contributed by atoms with Crippen LogP contribution in [-0.2, 0) is 17.9 Å². The SMILES string of the molecule is CCCNCc1occc1COCCN(C)C. The molecule has 0 saturated carbocycles. The number of hydrogen-bond acceptors (Lipinski definition) is 4. The first-order valence-corrected chi connectivity index (χ1v) is 6.22. The molecule has 0 aliphatic rings. The number of furan rings is 1. The molecule has 0 spiro atoms. The third-order valence-electron chi connectivity index (χ3n) is 2.49. The van der Waals surface area contributed by atoms with Crippen LogP contribution in [0.15, 0.2) is 16.7 Å². The minimum atomic E-state index is 0.632. The van der Waals surface area contributed by atoms with E-state index in [1.807, 2.05) is 20.2 Å². The number of nitrogens with one attached hydrogen (secondary N) is 1. The third-order valence-corrected chi connectivity index (χ3v) is 2.49. The van der Waals surface area contributed by atoms with E-state index in [1.165, 1.54) is 0 Å². The zero-order valence-electron chi connectivity index (χ0n) is 11.2. The Morgan fingerprint density at radius 1 is 1.41 bits per heavy atom. The summed E-state index contributed by atoms with van der Waals surface area (Å²) in [5.74, 6) is 0.989. The topological polar surface area (TPSA) is 37.6 Å². The van der Waals surface area contributed by atoms with Crippen molar-refractivity contribution in [3.05, 3.63) is 23.7 Å². The lowest BCUT2D eigenvalue weighted by molar-refractivity contribution is 0.104. The molecule has 0 amide bonds. The van der Waals surface area contributed by atoms with Gasteiger partial charge in [0, 0.05) is 12.1 Å². The van der Waals surface area contributed by atoms with Crippen LogP contribution in [0.3, 0.4) is 0 Å². The van der Waals surface area contributed by atoms with E-state index in [0.29, 0.717) is 6.61 Å². The molecule has 1 rings (SSSR count). The Labute approximate surface area is 104 Å². The fourth-order valence-electron chi connectivity index (χ4n) is 1.46. The van der Waals surface area contributed by atoms with Crippen molar-refractivity contribution in [2.75, 3.05) is 33.8 Å². The summed E-state index contributed by atoms with van der Waals surface area (Å²) in [6.45, 7) is 6.28. The molecule has 4 heteroatoms. The molecular formula is C13H24N2O2. The van der Waals surface area contributed by atoms with Gasteiger partial charge in [0.1, 0.15) is 5.76 Å². The van der Waals surface area contributed by atoms with E-state index in [1.54, 1.807) is 6.26 Å². The molecule has 0 aromatic carbocycles. The smallest absolute Gasteiger partial charge is 0.123 e. The first-order chi connectivity index (χ1) is 8.24. The summed E-state index contributed by atoms with van der Waals surface area (Å²) in [5, 5.41) is 3.33. The van der Waals surface area contributed by atoms with Crippen LogP contribution >= 0.6 is 0 Å². The van der Waals surface area contributed by atoms with Crippen LogP contribution in [0.4, 0.5) is 0 Å². The molecule has 0 saturated heterocycles. The average Bonchev–Trinajstić information content (AvgIpc) is 2.72. The molecule has 98 valence electrons. The van der Waals surface area contributed by atoms with Crippen molar-refractivity contribution >= 4 is 0 Å². The predicted octanol–water partition coefficient (Wildman–Crippen LogP) is 1.86. The Balaban J connectivity index is 2.25. The van der Waals surface area contributed by atoms with E-state index in [4.69, 9.17) is 9.15 Å². The van der Waals surface area contributed by atoms with Crippen LogP contribution in [0.1, 0.15) is 24.7 Å². The minimum absolute atomic E-state index is 0.632. The van der Waals surface area contributed by atoms with Gasteiger partial charge in [-0.3, -0.25) is 0 Å². The van der Waals surface area contributed by atoms with Crippen LogP contribution in [0, 0.1) is 0 Å². The maximum Gasteiger partial charge on any atom is 0.123 e. The summed E-state index contributed by atoms with van der Waals surface area (Å²) in [4.78, 5) is 2.11. The molecule has 1 aromatic rings. The zero-order chi connectivity index (χ0) is 12.5. The number of rotatable bonds is 9. The van der Waals surface area contributed by atoms with E-state index in [0.717, 1.165) is 44.0 Å². The highest BCUT2D eigenvalue weighted by Gasteiger charge is 2.05. The maximum atomic E-state index is 5.61. The molecule has 17 heavy (non-hydrogen) atoms. The van der Waals surface area contributed by atoms with Gasteiger partial charge in [-0.25, -0.2) is 0 Å². The van der Waals surface area contributed by atoms with Crippen molar-refractivity contribution in [2.45, 2.75) is 26.5 Å². The van der Waals surface area contributed by atoms with Gasteiger partial charge in [-0.1, -0.05) is 6.92 Å². The molecule has 1 heterocycles. The molecule has 0 aliphatic carbocycles. The van der Waals surface area contributed by atoms with Crippen molar-refractivity contribution < 1.29 is 9.15 Å². The Kier molecular flexibility index (Phi) is 6.93. The second-order valence-electron chi connectivity index (χ2n) is 4.40. The van der Waals surface area contributed by atoms with Crippen LogP contribution in [0.25, 0.3) is 0 Å². The van der Waals surface area contributed by atoms with Crippen LogP contribution in [0.2, 0.25) is 0 Å². The Bertz CT molecular complexity index is 297. The molecular weight excluding hydrogens is 216 g/mol. The first kappa shape index (κ1) is 14.2. The van der Waals surface area contributed by atoms with Crippen LogP contribution in [0.5, 0.6) is 0 Å². The normalized spacial score (nSPS) is 11.3. The molecule has 0 fully saturated rings. The van der Waals surface area contributed by atoms with Crippen LogP contribution < -0.4 is 5.32 Å². The van der Waals surface area contributed by atoms with Gasteiger partial charge in [0.05, 0.1) is 26.0 Å². The summed E-state index contributed by atoms with van der Waals surface area (Å²) in [6, 6.07) is 1.98. The number of ether oxygens (including phenoxy) is 1.